The zero-order valence-electron chi connectivity index (χ0n) is 7.77. The first-order valence-electron chi connectivity index (χ1n) is 4.24. The Morgan fingerprint density at radius 2 is 2.08 bits per heavy atom. The molecule has 0 heterocycles. The molecule has 0 aliphatic heterocycles. The van der Waals surface area contributed by atoms with E-state index in [9.17, 15) is 0 Å². The highest BCUT2D eigenvalue weighted by Crippen LogP contribution is 2.26. The van der Waals surface area contributed by atoms with Gasteiger partial charge in [0.05, 0.1) is 0 Å². The van der Waals surface area contributed by atoms with Crippen LogP contribution < -0.4 is 5.32 Å². The maximum absolute atomic E-state index is 6.04. The first-order valence-corrected chi connectivity index (χ1v) is 5.00. The van der Waals surface area contributed by atoms with Crippen LogP contribution in [0.1, 0.15) is 18.4 Å². The lowest BCUT2D eigenvalue weighted by Gasteiger charge is -2.13. The summed E-state index contributed by atoms with van der Waals surface area (Å²) in [5, 5.41) is 4.63. The molecule has 0 saturated carbocycles. The third-order valence-electron chi connectivity index (χ3n) is 2.00. The smallest absolute Gasteiger partial charge is 0.0442 e. The molecule has 0 fully saturated rings. The van der Waals surface area contributed by atoms with Gasteiger partial charge in [-0.3, -0.25) is 0 Å². The van der Waals surface area contributed by atoms with Gasteiger partial charge in [0.2, 0.25) is 0 Å². The molecule has 0 saturated heterocycles. The van der Waals surface area contributed by atoms with Crippen LogP contribution in [0.2, 0.25) is 10.0 Å². The summed E-state index contributed by atoms with van der Waals surface area (Å²) in [5.41, 5.74) is 1.10. The first kappa shape index (κ1) is 10.8. The van der Waals surface area contributed by atoms with Gasteiger partial charge in [0.25, 0.3) is 0 Å². The molecular weight excluding hydrogens is 205 g/mol. The highest BCUT2D eigenvalue weighted by Gasteiger charge is 2.08. The van der Waals surface area contributed by atoms with Gasteiger partial charge >= 0.3 is 0 Å². The van der Waals surface area contributed by atoms with Crippen LogP contribution in [0, 0.1) is 0 Å². The summed E-state index contributed by atoms with van der Waals surface area (Å²) in [6.45, 7) is 3.02. The van der Waals surface area contributed by atoms with Crippen molar-refractivity contribution in [1.82, 2.24) is 5.32 Å². The second kappa shape index (κ2) is 4.85. The number of likely N-dealkylation sites (N-methyl/N-ethyl adjacent to an activating group) is 1. The summed E-state index contributed by atoms with van der Waals surface area (Å²) in [6.07, 6.45) is 0. The van der Waals surface area contributed by atoms with Crippen LogP contribution in [0.4, 0.5) is 0 Å². The first-order chi connectivity index (χ1) is 6.15. The number of nitrogens with one attached hydrogen (secondary N) is 1. The summed E-state index contributed by atoms with van der Waals surface area (Å²) in [4.78, 5) is 0. The average molecular weight is 218 g/mol. The van der Waals surface area contributed by atoms with Crippen molar-refractivity contribution in [3.05, 3.63) is 33.8 Å². The molecule has 0 spiro atoms. The van der Waals surface area contributed by atoms with Gasteiger partial charge in [-0.15, -0.1) is 0 Å². The Morgan fingerprint density at radius 3 is 2.69 bits per heavy atom. The Hall–Kier alpha value is -0.240. The zero-order valence-corrected chi connectivity index (χ0v) is 9.28. The van der Waals surface area contributed by atoms with Crippen molar-refractivity contribution in [2.75, 3.05) is 13.6 Å². The van der Waals surface area contributed by atoms with Crippen LogP contribution in [0.3, 0.4) is 0 Å². The van der Waals surface area contributed by atoms with Gasteiger partial charge in [0.15, 0.2) is 0 Å². The SMILES string of the molecule is CNCC(C)c1cc(Cl)ccc1Cl. The Morgan fingerprint density at radius 1 is 1.38 bits per heavy atom. The van der Waals surface area contributed by atoms with Gasteiger partial charge in [-0.05, 0) is 36.7 Å². The summed E-state index contributed by atoms with van der Waals surface area (Å²) < 4.78 is 0. The molecule has 0 aliphatic carbocycles. The molecule has 1 atom stereocenters. The van der Waals surface area contributed by atoms with E-state index >= 15 is 0 Å². The van der Waals surface area contributed by atoms with Crippen LogP contribution in [0.25, 0.3) is 0 Å². The molecule has 3 heteroatoms. The molecule has 1 rings (SSSR count). The average Bonchev–Trinajstić information content (AvgIpc) is 2.09. The van der Waals surface area contributed by atoms with E-state index in [2.05, 4.69) is 12.2 Å². The van der Waals surface area contributed by atoms with Gasteiger partial charge in [0, 0.05) is 16.6 Å². The van der Waals surface area contributed by atoms with Crippen molar-refractivity contribution in [2.45, 2.75) is 12.8 Å². The van der Waals surface area contributed by atoms with E-state index in [1.54, 1.807) is 6.07 Å². The molecule has 0 radical (unpaired) electrons. The fraction of sp³-hybridized carbons (Fsp3) is 0.400. The molecule has 1 N–H and O–H groups in total. The van der Waals surface area contributed by atoms with Crippen LogP contribution in [0.5, 0.6) is 0 Å². The fourth-order valence-electron chi connectivity index (χ4n) is 1.31. The fourth-order valence-corrected chi connectivity index (χ4v) is 1.79. The standard InChI is InChI=1S/C10H13Cl2N/c1-7(6-13-2)9-5-8(11)3-4-10(9)12/h3-5,7,13H,6H2,1-2H3. The van der Waals surface area contributed by atoms with Gasteiger partial charge < -0.3 is 5.32 Å². The number of hydrogen-bond donors (Lipinski definition) is 1. The Kier molecular flexibility index (Phi) is 4.04. The van der Waals surface area contributed by atoms with Crippen molar-refractivity contribution < 1.29 is 0 Å². The molecule has 13 heavy (non-hydrogen) atoms. The van der Waals surface area contributed by atoms with E-state index in [0.717, 1.165) is 22.2 Å². The normalized spacial score (nSPS) is 12.9. The van der Waals surface area contributed by atoms with Gasteiger partial charge in [-0.25, -0.2) is 0 Å². The minimum Gasteiger partial charge on any atom is -0.319 e. The van der Waals surface area contributed by atoms with Gasteiger partial charge in [0.1, 0.15) is 0 Å². The molecular formula is C10H13Cl2N. The Labute approximate surface area is 89.0 Å². The topological polar surface area (TPSA) is 12.0 Å². The molecule has 0 bridgehead atoms. The van der Waals surface area contributed by atoms with E-state index < -0.39 is 0 Å². The van der Waals surface area contributed by atoms with Crippen molar-refractivity contribution in [3.8, 4) is 0 Å². The van der Waals surface area contributed by atoms with E-state index in [1.165, 1.54) is 0 Å². The van der Waals surface area contributed by atoms with E-state index in [4.69, 9.17) is 23.2 Å². The number of hydrogen-bond acceptors (Lipinski definition) is 1. The molecule has 72 valence electrons. The van der Waals surface area contributed by atoms with Crippen LogP contribution in [0.15, 0.2) is 18.2 Å². The van der Waals surface area contributed by atoms with Crippen LogP contribution in [-0.2, 0) is 0 Å². The Bertz CT molecular complexity index is 286. The largest absolute Gasteiger partial charge is 0.319 e. The molecule has 0 amide bonds. The molecule has 1 aromatic rings. The van der Waals surface area contributed by atoms with E-state index in [0.29, 0.717) is 5.92 Å². The molecule has 1 unspecified atom stereocenters. The van der Waals surface area contributed by atoms with E-state index in [-0.39, 0.29) is 0 Å². The summed E-state index contributed by atoms with van der Waals surface area (Å²) in [6, 6.07) is 5.57. The summed E-state index contributed by atoms with van der Waals surface area (Å²) >= 11 is 11.9. The second-order valence-electron chi connectivity index (χ2n) is 3.12. The van der Waals surface area contributed by atoms with Gasteiger partial charge in [-0.1, -0.05) is 30.1 Å². The minimum atomic E-state index is 0.385. The highest BCUT2D eigenvalue weighted by molar-refractivity contribution is 6.33. The maximum atomic E-state index is 6.04. The highest BCUT2D eigenvalue weighted by atomic mass is 35.5. The molecule has 1 aromatic carbocycles. The monoisotopic (exact) mass is 217 g/mol. The van der Waals surface area contributed by atoms with Crippen molar-refractivity contribution in [3.63, 3.8) is 0 Å². The summed E-state index contributed by atoms with van der Waals surface area (Å²) in [5.74, 6) is 0.385. The lowest BCUT2D eigenvalue weighted by atomic mass is 10.0. The summed E-state index contributed by atoms with van der Waals surface area (Å²) in [7, 11) is 1.93. The third-order valence-corrected chi connectivity index (χ3v) is 2.58. The van der Waals surface area contributed by atoms with Crippen LogP contribution in [-0.4, -0.2) is 13.6 Å². The predicted molar refractivity (Wildman–Crippen MR) is 58.8 cm³/mol. The lowest BCUT2D eigenvalue weighted by molar-refractivity contribution is 0.678. The minimum absolute atomic E-state index is 0.385. The van der Waals surface area contributed by atoms with Crippen molar-refractivity contribution >= 4 is 23.2 Å². The van der Waals surface area contributed by atoms with Gasteiger partial charge in [-0.2, -0.15) is 0 Å². The number of benzene rings is 1. The van der Waals surface area contributed by atoms with E-state index in [1.807, 2.05) is 19.2 Å². The van der Waals surface area contributed by atoms with Crippen molar-refractivity contribution in [1.29, 1.82) is 0 Å². The Balaban J connectivity index is 2.91. The molecule has 0 aliphatic rings. The second-order valence-corrected chi connectivity index (χ2v) is 3.97. The quantitative estimate of drug-likeness (QED) is 0.820. The third kappa shape index (κ3) is 2.87. The maximum Gasteiger partial charge on any atom is 0.0442 e. The lowest BCUT2D eigenvalue weighted by Crippen LogP contribution is -2.14. The number of halogens is 2. The van der Waals surface area contributed by atoms with Crippen LogP contribution >= 0.6 is 23.2 Å². The van der Waals surface area contributed by atoms with Crippen molar-refractivity contribution in [2.24, 2.45) is 0 Å². The molecule has 1 nitrogen and oxygen atoms in total. The zero-order chi connectivity index (χ0) is 9.84. The predicted octanol–water partition coefficient (Wildman–Crippen LogP) is 3.32. The molecule has 0 aromatic heterocycles. The number of rotatable bonds is 3.